The van der Waals surface area contributed by atoms with Gasteiger partial charge >= 0.3 is 5.97 Å². The summed E-state index contributed by atoms with van der Waals surface area (Å²) >= 11 is 0. The van der Waals surface area contributed by atoms with Gasteiger partial charge in [0.05, 0.1) is 0 Å². The lowest BCUT2D eigenvalue weighted by Gasteiger charge is -2.27. The molecule has 2 N–H and O–H groups in total. The SMILES string of the molecule is CCCCC(NCCC1CCCC(C)C1)C(=O)O. The maximum atomic E-state index is 11.1. The molecule has 0 heterocycles. The molecule has 1 aliphatic carbocycles. The quantitative estimate of drug-likeness (QED) is 0.698. The van der Waals surface area contributed by atoms with Crippen molar-refractivity contribution in [3.63, 3.8) is 0 Å². The van der Waals surface area contributed by atoms with Crippen LogP contribution in [0.4, 0.5) is 0 Å². The molecule has 1 aliphatic rings. The second-order valence-corrected chi connectivity index (χ2v) is 5.91. The normalized spacial score (nSPS) is 25.9. The van der Waals surface area contributed by atoms with Gasteiger partial charge in [0.15, 0.2) is 0 Å². The first-order valence-electron chi connectivity index (χ1n) is 7.59. The average molecular weight is 255 g/mol. The van der Waals surface area contributed by atoms with Gasteiger partial charge in [0, 0.05) is 0 Å². The fourth-order valence-corrected chi connectivity index (χ4v) is 3.00. The van der Waals surface area contributed by atoms with Gasteiger partial charge in [-0.2, -0.15) is 0 Å². The molecule has 3 unspecified atom stereocenters. The van der Waals surface area contributed by atoms with Crippen molar-refractivity contribution in [2.75, 3.05) is 6.54 Å². The largest absolute Gasteiger partial charge is 0.480 e. The standard InChI is InChI=1S/C15H29NO2/c1-3-4-8-14(15(17)18)16-10-9-13-7-5-6-12(2)11-13/h12-14,16H,3-11H2,1-2H3,(H,17,18). The van der Waals surface area contributed by atoms with Gasteiger partial charge in [0.1, 0.15) is 6.04 Å². The first-order valence-corrected chi connectivity index (χ1v) is 7.59. The van der Waals surface area contributed by atoms with Gasteiger partial charge < -0.3 is 10.4 Å². The van der Waals surface area contributed by atoms with Crippen LogP contribution in [0.5, 0.6) is 0 Å². The van der Waals surface area contributed by atoms with Crippen LogP contribution in [-0.4, -0.2) is 23.7 Å². The number of hydrogen-bond donors (Lipinski definition) is 2. The molecule has 0 bridgehead atoms. The Kier molecular flexibility index (Phi) is 7.33. The molecule has 1 rings (SSSR count). The number of rotatable bonds is 8. The van der Waals surface area contributed by atoms with Crippen molar-refractivity contribution >= 4 is 5.97 Å². The Labute approximate surface area is 111 Å². The Hall–Kier alpha value is -0.570. The highest BCUT2D eigenvalue weighted by molar-refractivity contribution is 5.73. The molecule has 0 spiro atoms. The summed E-state index contributed by atoms with van der Waals surface area (Å²) in [6, 6.07) is -0.342. The third kappa shape index (κ3) is 5.85. The summed E-state index contributed by atoms with van der Waals surface area (Å²) in [6.07, 6.45) is 9.33. The minimum Gasteiger partial charge on any atom is -0.480 e. The van der Waals surface area contributed by atoms with E-state index in [4.69, 9.17) is 5.11 Å². The number of unbranched alkanes of at least 4 members (excludes halogenated alkanes) is 1. The van der Waals surface area contributed by atoms with Gasteiger partial charge in [0.2, 0.25) is 0 Å². The van der Waals surface area contributed by atoms with Crippen LogP contribution >= 0.6 is 0 Å². The van der Waals surface area contributed by atoms with Crippen molar-refractivity contribution in [1.82, 2.24) is 5.32 Å². The Balaban J connectivity index is 2.19. The highest BCUT2D eigenvalue weighted by atomic mass is 16.4. The molecule has 3 heteroatoms. The number of carboxylic acid groups (broad SMARTS) is 1. The molecular weight excluding hydrogens is 226 g/mol. The zero-order valence-corrected chi connectivity index (χ0v) is 12.0. The fourth-order valence-electron chi connectivity index (χ4n) is 3.00. The van der Waals surface area contributed by atoms with Crippen LogP contribution in [-0.2, 0) is 4.79 Å². The van der Waals surface area contributed by atoms with Crippen molar-refractivity contribution < 1.29 is 9.90 Å². The summed E-state index contributed by atoms with van der Waals surface area (Å²) in [7, 11) is 0. The van der Waals surface area contributed by atoms with Crippen molar-refractivity contribution in [2.24, 2.45) is 11.8 Å². The average Bonchev–Trinajstić information content (AvgIpc) is 2.33. The lowest BCUT2D eigenvalue weighted by Crippen LogP contribution is -2.38. The second kappa shape index (κ2) is 8.52. The van der Waals surface area contributed by atoms with Crippen LogP contribution < -0.4 is 5.32 Å². The second-order valence-electron chi connectivity index (χ2n) is 5.91. The molecule has 0 amide bonds. The summed E-state index contributed by atoms with van der Waals surface area (Å²) in [5.41, 5.74) is 0. The summed E-state index contributed by atoms with van der Waals surface area (Å²) < 4.78 is 0. The van der Waals surface area contributed by atoms with Crippen molar-refractivity contribution in [2.45, 2.75) is 71.3 Å². The molecule has 0 saturated heterocycles. The van der Waals surface area contributed by atoms with Crippen LogP contribution in [0, 0.1) is 11.8 Å². The molecule has 1 saturated carbocycles. The van der Waals surface area contributed by atoms with Crippen LogP contribution in [0.25, 0.3) is 0 Å². The summed E-state index contributed by atoms with van der Waals surface area (Å²) in [5, 5.41) is 12.3. The topological polar surface area (TPSA) is 49.3 Å². The Morgan fingerprint density at radius 3 is 2.83 bits per heavy atom. The van der Waals surface area contributed by atoms with Gasteiger partial charge in [-0.3, -0.25) is 4.79 Å². The highest BCUT2D eigenvalue weighted by Crippen LogP contribution is 2.30. The minimum atomic E-state index is -0.694. The molecule has 3 atom stereocenters. The van der Waals surface area contributed by atoms with Crippen LogP contribution in [0.3, 0.4) is 0 Å². The molecule has 0 aromatic carbocycles. The minimum absolute atomic E-state index is 0.342. The summed E-state index contributed by atoms with van der Waals surface area (Å²) in [5.74, 6) is 0.974. The van der Waals surface area contributed by atoms with Gasteiger partial charge in [-0.25, -0.2) is 0 Å². The maximum Gasteiger partial charge on any atom is 0.320 e. The molecule has 0 aromatic heterocycles. The first kappa shape index (κ1) is 15.5. The molecule has 106 valence electrons. The van der Waals surface area contributed by atoms with E-state index in [1.165, 1.54) is 25.7 Å². The molecule has 18 heavy (non-hydrogen) atoms. The van der Waals surface area contributed by atoms with Crippen LogP contribution in [0.1, 0.15) is 65.2 Å². The molecule has 0 aliphatic heterocycles. The molecule has 0 aromatic rings. The van der Waals surface area contributed by atoms with Crippen molar-refractivity contribution in [3.05, 3.63) is 0 Å². The van der Waals surface area contributed by atoms with Crippen LogP contribution in [0.15, 0.2) is 0 Å². The van der Waals surface area contributed by atoms with E-state index in [0.717, 1.165) is 44.1 Å². The molecule has 3 nitrogen and oxygen atoms in total. The molecule has 0 radical (unpaired) electrons. The molecule has 1 fully saturated rings. The predicted molar refractivity (Wildman–Crippen MR) is 74.7 cm³/mol. The Morgan fingerprint density at radius 2 is 2.22 bits per heavy atom. The van der Waals surface area contributed by atoms with E-state index >= 15 is 0 Å². The van der Waals surface area contributed by atoms with E-state index in [1.807, 2.05) is 0 Å². The third-order valence-corrected chi connectivity index (χ3v) is 4.13. The maximum absolute atomic E-state index is 11.1. The number of aliphatic carboxylic acids is 1. The summed E-state index contributed by atoms with van der Waals surface area (Å²) in [4.78, 5) is 11.1. The highest BCUT2D eigenvalue weighted by Gasteiger charge is 2.20. The smallest absolute Gasteiger partial charge is 0.320 e. The van der Waals surface area contributed by atoms with E-state index in [-0.39, 0.29) is 6.04 Å². The number of nitrogens with one attached hydrogen (secondary N) is 1. The summed E-state index contributed by atoms with van der Waals surface area (Å²) in [6.45, 7) is 5.29. The zero-order chi connectivity index (χ0) is 13.4. The van der Waals surface area contributed by atoms with E-state index in [2.05, 4.69) is 19.2 Å². The van der Waals surface area contributed by atoms with Gasteiger partial charge in [-0.1, -0.05) is 46.0 Å². The molecular formula is C15H29NO2. The van der Waals surface area contributed by atoms with Crippen molar-refractivity contribution in [3.8, 4) is 0 Å². The Morgan fingerprint density at radius 1 is 1.44 bits per heavy atom. The Bertz CT molecular complexity index is 243. The zero-order valence-electron chi connectivity index (χ0n) is 12.0. The number of carboxylic acids is 1. The number of hydrogen-bond acceptors (Lipinski definition) is 2. The predicted octanol–water partition coefficient (Wildman–Crippen LogP) is 3.44. The van der Waals surface area contributed by atoms with E-state index in [9.17, 15) is 4.79 Å². The van der Waals surface area contributed by atoms with Crippen molar-refractivity contribution in [1.29, 1.82) is 0 Å². The van der Waals surface area contributed by atoms with Crippen LogP contribution in [0.2, 0.25) is 0 Å². The number of carbonyl (C=O) groups is 1. The lowest BCUT2D eigenvalue weighted by molar-refractivity contribution is -0.139. The lowest BCUT2D eigenvalue weighted by atomic mass is 9.81. The van der Waals surface area contributed by atoms with Gasteiger partial charge in [-0.05, 0) is 37.6 Å². The van der Waals surface area contributed by atoms with E-state index in [0.29, 0.717) is 0 Å². The first-order chi connectivity index (χ1) is 8.63. The monoisotopic (exact) mass is 255 g/mol. The van der Waals surface area contributed by atoms with Gasteiger partial charge in [-0.15, -0.1) is 0 Å². The van der Waals surface area contributed by atoms with E-state index < -0.39 is 5.97 Å². The van der Waals surface area contributed by atoms with Gasteiger partial charge in [0.25, 0.3) is 0 Å². The van der Waals surface area contributed by atoms with E-state index in [1.54, 1.807) is 0 Å². The third-order valence-electron chi connectivity index (χ3n) is 4.13. The fraction of sp³-hybridized carbons (Fsp3) is 0.933.